The number of aryl methyl sites for hydroxylation is 2. The lowest BCUT2D eigenvalue weighted by molar-refractivity contribution is 0.0699. The third-order valence-corrected chi connectivity index (χ3v) is 2.86. The highest BCUT2D eigenvalue weighted by atomic mass is 19.1. The van der Waals surface area contributed by atoms with Crippen molar-refractivity contribution in [1.82, 2.24) is 4.57 Å². The van der Waals surface area contributed by atoms with E-state index in [1.165, 1.54) is 0 Å². The van der Waals surface area contributed by atoms with Crippen molar-refractivity contribution in [2.75, 3.05) is 6.67 Å². The fourth-order valence-electron chi connectivity index (χ4n) is 2.12. The van der Waals surface area contributed by atoms with Gasteiger partial charge in [-0.2, -0.15) is 0 Å². The third kappa shape index (κ3) is 2.02. The Labute approximate surface area is 98.5 Å². The largest absolute Gasteiger partial charge is 0.478 e. The van der Waals surface area contributed by atoms with E-state index in [4.69, 9.17) is 5.11 Å². The number of aromatic carboxylic acids is 1. The van der Waals surface area contributed by atoms with Gasteiger partial charge in [-0.15, -0.1) is 0 Å². The van der Waals surface area contributed by atoms with Gasteiger partial charge in [-0.25, -0.2) is 4.79 Å². The molecule has 3 nitrogen and oxygen atoms in total. The van der Waals surface area contributed by atoms with Gasteiger partial charge in [-0.05, 0) is 18.9 Å². The standard InChI is InChI=1S/C13H14FNO2/c1-9-4-2-5-10-11(13(16)17)8-15(12(9)10)7-3-6-14/h2,4-5,8H,3,6-7H2,1H3,(H,16,17). The van der Waals surface area contributed by atoms with Crippen molar-refractivity contribution in [3.63, 3.8) is 0 Å². The molecular weight excluding hydrogens is 221 g/mol. The van der Waals surface area contributed by atoms with Crippen molar-refractivity contribution in [3.05, 3.63) is 35.5 Å². The van der Waals surface area contributed by atoms with Crippen LogP contribution in [0.25, 0.3) is 10.9 Å². The molecule has 1 heterocycles. The normalized spacial score (nSPS) is 10.9. The van der Waals surface area contributed by atoms with E-state index < -0.39 is 12.6 Å². The first-order chi connectivity index (χ1) is 8.15. The van der Waals surface area contributed by atoms with Crippen LogP contribution in [-0.4, -0.2) is 22.3 Å². The van der Waals surface area contributed by atoms with Crippen LogP contribution >= 0.6 is 0 Å². The highest BCUT2D eigenvalue weighted by Crippen LogP contribution is 2.24. The minimum atomic E-state index is -0.945. The Morgan fingerprint density at radius 2 is 2.24 bits per heavy atom. The van der Waals surface area contributed by atoms with E-state index in [0.717, 1.165) is 16.5 Å². The fourth-order valence-corrected chi connectivity index (χ4v) is 2.12. The highest BCUT2D eigenvalue weighted by Gasteiger charge is 2.14. The lowest BCUT2D eigenvalue weighted by atomic mass is 10.1. The van der Waals surface area contributed by atoms with E-state index >= 15 is 0 Å². The maximum absolute atomic E-state index is 12.2. The van der Waals surface area contributed by atoms with Crippen molar-refractivity contribution in [2.24, 2.45) is 0 Å². The molecule has 0 aliphatic heterocycles. The lowest BCUT2D eigenvalue weighted by Crippen LogP contribution is -1.98. The van der Waals surface area contributed by atoms with Gasteiger partial charge in [0, 0.05) is 18.1 Å². The van der Waals surface area contributed by atoms with Crippen LogP contribution in [0.2, 0.25) is 0 Å². The van der Waals surface area contributed by atoms with E-state index in [0.29, 0.717) is 13.0 Å². The molecule has 17 heavy (non-hydrogen) atoms. The Morgan fingerprint density at radius 3 is 2.88 bits per heavy atom. The fraction of sp³-hybridized carbons (Fsp3) is 0.308. The second kappa shape index (κ2) is 4.57. The Hall–Kier alpha value is -1.84. The van der Waals surface area contributed by atoms with Crippen LogP contribution in [0.1, 0.15) is 22.3 Å². The van der Waals surface area contributed by atoms with Gasteiger partial charge < -0.3 is 9.67 Å². The zero-order chi connectivity index (χ0) is 12.4. The molecular formula is C13H14FNO2. The molecule has 2 rings (SSSR count). The van der Waals surface area contributed by atoms with Gasteiger partial charge in [0.05, 0.1) is 17.8 Å². The smallest absolute Gasteiger partial charge is 0.337 e. The molecule has 0 spiro atoms. The number of hydrogen-bond acceptors (Lipinski definition) is 1. The monoisotopic (exact) mass is 235 g/mol. The summed E-state index contributed by atoms with van der Waals surface area (Å²) in [7, 11) is 0. The Bertz CT molecular complexity index is 560. The number of fused-ring (bicyclic) bond motifs is 1. The summed E-state index contributed by atoms with van der Waals surface area (Å²) in [6.45, 7) is 2.04. The van der Waals surface area contributed by atoms with E-state index in [9.17, 15) is 9.18 Å². The highest BCUT2D eigenvalue weighted by molar-refractivity contribution is 6.04. The number of aromatic nitrogens is 1. The Morgan fingerprint density at radius 1 is 1.47 bits per heavy atom. The molecule has 0 unspecified atom stereocenters. The van der Waals surface area contributed by atoms with Crippen LogP contribution < -0.4 is 0 Å². The lowest BCUT2D eigenvalue weighted by Gasteiger charge is -2.05. The summed E-state index contributed by atoms with van der Waals surface area (Å²) in [6.07, 6.45) is 1.99. The maximum atomic E-state index is 12.2. The number of nitrogens with zero attached hydrogens (tertiary/aromatic N) is 1. The van der Waals surface area contributed by atoms with Crippen molar-refractivity contribution in [2.45, 2.75) is 19.9 Å². The van der Waals surface area contributed by atoms with Crippen molar-refractivity contribution >= 4 is 16.9 Å². The van der Waals surface area contributed by atoms with Crippen LogP contribution in [0.5, 0.6) is 0 Å². The first kappa shape index (κ1) is 11.6. The van der Waals surface area contributed by atoms with Crippen LogP contribution in [-0.2, 0) is 6.54 Å². The first-order valence-electron chi connectivity index (χ1n) is 5.53. The number of hydrogen-bond donors (Lipinski definition) is 1. The van der Waals surface area contributed by atoms with Gasteiger partial charge in [-0.1, -0.05) is 18.2 Å². The predicted octanol–water partition coefficient (Wildman–Crippen LogP) is 3.01. The van der Waals surface area contributed by atoms with Gasteiger partial charge in [0.2, 0.25) is 0 Å². The zero-order valence-corrected chi connectivity index (χ0v) is 9.61. The molecule has 90 valence electrons. The topological polar surface area (TPSA) is 42.2 Å². The second-order valence-corrected chi connectivity index (χ2v) is 4.05. The number of carbonyl (C=O) groups is 1. The molecule has 0 saturated carbocycles. The molecule has 2 aromatic rings. The number of para-hydroxylation sites is 1. The third-order valence-electron chi connectivity index (χ3n) is 2.86. The number of benzene rings is 1. The van der Waals surface area contributed by atoms with E-state index in [1.54, 1.807) is 12.3 Å². The first-order valence-corrected chi connectivity index (χ1v) is 5.53. The van der Waals surface area contributed by atoms with Crippen molar-refractivity contribution in [1.29, 1.82) is 0 Å². The van der Waals surface area contributed by atoms with E-state index in [1.807, 2.05) is 23.6 Å². The summed E-state index contributed by atoms with van der Waals surface area (Å²) >= 11 is 0. The molecule has 0 fully saturated rings. The summed E-state index contributed by atoms with van der Waals surface area (Å²) in [5.74, 6) is -0.945. The summed E-state index contributed by atoms with van der Waals surface area (Å²) in [6, 6.07) is 5.56. The van der Waals surface area contributed by atoms with Gasteiger partial charge in [-0.3, -0.25) is 4.39 Å². The summed E-state index contributed by atoms with van der Waals surface area (Å²) < 4.78 is 14.0. The molecule has 0 bridgehead atoms. The molecule has 0 amide bonds. The maximum Gasteiger partial charge on any atom is 0.337 e. The van der Waals surface area contributed by atoms with Gasteiger partial charge in [0.15, 0.2) is 0 Å². The van der Waals surface area contributed by atoms with Crippen molar-refractivity contribution in [3.8, 4) is 0 Å². The molecule has 1 N–H and O–H groups in total. The van der Waals surface area contributed by atoms with E-state index in [-0.39, 0.29) is 5.56 Å². The average Bonchev–Trinajstić information content (AvgIpc) is 2.67. The number of alkyl halides is 1. The number of carboxylic acid groups (broad SMARTS) is 1. The molecule has 1 aromatic carbocycles. The van der Waals surface area contributed by atoms with Crippen molar-refractivity contribution < 1.29 is 14.3 Å². The Balaban J connectivity index is 2.63. The number of carboxylic acids is 1. The summed E-state index contributed by atoms with van der Waals surface area (Å²) in [5.41, 5.74) is 2.18. The van der Waals surface area contributed by atoms with E-state index in [2.05, 4.69) is 0 Å². The molecule has 0 radical (unpaired) electrons. The van der Waals surface area contributed by atoms with Crippen LogP contribution in [0.4, 0.5) is 4.39 Å². The zero-order valence-electron chi connectivity index (χ0n) is 9.61. The SMILES string of the molecule is Cc1cccc2c(C(=O)O)cn(CCCF)c12. The predicted molar refractivity (Wildman–Crippen MR) is 64.2 cm³/mol. The van der Waals surface area contributed by atoms with Gasteiger partial charge >= 0.3 is 5.97 Å². The van der Waals surface area contributed by atoms with Crippen LogP contribution in [0, 0.1) is 6.92 Å². The molecule has 1 aromatic heterocycles. The average molecular weight is 235 g/mol. The summed E-state index contributed by atoms with van der Waals surface area (Å²) in [4.78, 5) is 11.1. The molecule has 0 atom stereocenters. The minimum Gasteiger partial charge on any atom is -0.478 e. The summed E-state index contributed by atoms with van der Waals surface area (Å²) in [5, 5.41) is 9.84. The molecule has 4 heteroatoms. The minimum absolute atomic E-state index is 0.280. The molecule has 0 aliphatic carbocycles. The number of rotatable bonds is 4. The quantitative estimate of drug-likeness (QED) is 0.885. The van der Waals surface area contributed by atoms with Crippen LogP contribution in [0.15, 0.2) is 24.4 Å². The Kier molecular flexibility index (Phi) is 3.13. The van der Waals surface area contributed by atoms with Gasteiger partial charge in [0.25, 0.3) is 0 Å². The van der Waals surface area contributed by atoms with Crippen LogP contribution in [0.3, 0.4) is 0 Å². The number of halogens is 1. The molecule has 0 saturated heterocycles. The second-order valence-electron chi connectivity index (χ2n) is 4.05. The van der Waals surface area contributed by atoms with Gasteiger partial charge in [0.1, 0.15) is 0 Å². The molecule has 0 aliphatic rings.